The Kier molecular flexibility index (Phi) is 7.02. The van der Waals surface area contributed by atoms with Gasteiger partial charge in [0.1, 0.15) is 18.2 Å². The Bertz CT molecular complexity index is 1290. The minimum absolute atomic E-state index is 0.125. The van der Waals surface area contributed by atoms with E-state index < -0.39 is 5.97 Å². The highest BCUT2D eigenvalue weighted by atomic mass is 16.5. The van der Waals surface area contributed by atoms with Crippen molar-refractivity contribution >= 4 is 35.1 Å². The maximum atomic E-state index is 12.9. The first-order chi connectivity index (χ1) is 18.0. The summed E-state index contributed by atoms with van der Waals surface area (Å²) in [5.74, 6) is -0.398. The van der Waals surface area contributed by atoms with E-state index in [1.54, 1.807) is 17.2 Å². The molecule has 5 rings (SSSR count). The standard InChI is InChI=1S/C28H28N4O5/c33-26(18-6-8-19(9-7-18)27(34)35)31-25-13-11-21(17-29-25)20-10-12-23-24(16-20)37-15-14-32(23)28(36)30-22-4-2-1-3-5-22/h1-5,10-13,16-19H,6-9,14-15H2,(H,30,36)(H,34,35)(H,29,31,33). The second-order valence-electron chi connectivity index (χ2n) is 9.29. The largest absolute Gasteiger partial charge is 0.490 e. The molecule has 2 aliphatic rings. The van der Waals surface area contributed by atoms with Gasteiger partial charge in [-0.3, -0.25) is 14.5 Å². The Morgan fingerprint density at radius 3 is 2.32 bits per heavy atom. The number of fused-ring (bicyclic) bond motifs is 1. The summed E-state index contributed by atoms with van der Waals surface area (Å²) in [7, 11) is 0. The molecule has 0 saturated heterocycles. The summed E-state index contributed by atoms with van der Waals surface area (Å²) in [5.41, 5.74) is 3.14. The van der Waals surface area contributed by atoms with Crippen molar-refractivity contribution in [3.05, 3.63) is 66.9 Å². The van der Waals surface area contributed by atoms with Crippen molar-refractivity contribution < 1.29 is 24.2 Å². The number of benzene rings is 2. The second-order valence-corrected chi connectivity index (χ2v) is 9.29. The number of aliphatic carboxylic acids is 1. The maximum Gasteiger partial charge on any atom is 0.326 e. The molecule has 3 amide bonds. The van der Waals surface area contributed by atoms with Crippen LogP contribution in [0.25, 0.3) is 11.1 Å². The highest BCUT2D eigenvalue weighted by Gasteiger charge is 2.30. The third-order valence-electron chi connectivity index (χ3n) is 6.89. The summed E-state index contributed by atoms with van der Waals surface area (Å²) in [6.45, 7) is 0.829. The monoisotopic (exact) mass is 500 g/mol. The van der Waals surface area contributed by atoms with E-state index in [1.165, 1.54) is 0 Å². The molecule has 1 aromatic heterocycles. The van der Waals surface area contributed by atoms with Gasteiger partial charge in [-0.2, -0.15) is 0 Å². The normalized spacial score (nSPS) is 18.8. The third kappa shape index (κ3) is 5.55. The SMILES string of the molecule is O=C(O)C1CCC(C(=O)Nc2ccc(-c3ccc4c(c3)OCCN4C(=O)Nc3ccccc3)cn2)CC1. The van der Waals surface area contributed by atoms with Gasteiger partial charge in [-0.05, 0) is 67.6 Å². The van der Waals surface area contributed by atoms with Crippen molar-refractivity contribution in [3.8, 4) is 16.9 Å². The molecule has 37 heavy (non-hydrogen) atoms. The summed E-state index contributed by atoms with van der Waals surface area (Å²) in [5, 5.41) is 14.9. The van der Waals surface area contributed by atoms with Crippen LogP contribution in [0.1, 0.15) is 25.7 Å². The van der Waals surface area contributed by atoms with Crippen LogP contribution in [0.2, 0.25) is 0 Å². The number of hydrogen-bond donors (Lipinski definition) is 3. The molecule has 9 heteroatoms. The summed E-state index contributed by atoms with van der Waals surface area (Å²) in [6, 6.07) is 18.4. The zero-order chi connectivity index (χ0) is 25.8. The van der Waals surface area contributed by atoms with Gasteiger partial charge in [-0.15, -0.1) is 0 Å². The number of carboxylic acids is 1. The number of urea groups is 1. The van der Waals surface area contributed by atoms with Crippen LogP contribution in [0.5, 0.6) is 5.75 Å². The van der Waals surface area contributed by atoms with E-state index in [0.717, 1.165) is 16.8 Å². The van der Waals surface area contributed by atoms with Crippen LogP contribution in [0, 0.1) is 11.8 Å². The molecule has 0 radical (unpaired) electrons. The Balaban J connectivity index is 1.23. The van der Waals surface area contributed by atoms with Crippen molar-refractivity contribution in [2.24, 2.45) is 11.8 Å². The number of nitrogens with zero attached hydrogens (tertiary/aromatic N) is 2. The zero-order valence-electron chi connectivity index (χ0n) is 20.2. The molecule has 0 spiro atoms. The average molecular weight is 501 g/mol. The van der Waals surface area contributed by atoms with Crippen LogP contribution >= 0.6 is 0 Å². The van der Waals surface area contributed by atoms with Crippen molar-refractivity contribution in [1.29, 1.82) is 0 Å². The van der Waals surface area contributed by atoms with Crippen LogP contribution in [0.15, 0.2) is 66.9 Å². The number of aromatic nitrogens is 1. The van der Waals surface area contributed by atoms with Gasteiger partial charge in [0.15, 0.2) is 0 Å². The number of para-hydroxylation sites is 1. The Morgan fingerprint density at radius 1 is 0.892 bits per heavy atom. The van der Waals surface area contributed by atoms with Gasteiger partial charge < -0.3 is 20.5 Å². The first kappa shape index (κ1) is 24.3. The molecule has 2 heterocycles. The Hall–Kier alpha value is -4.40. The van der Waals surface area contributed by atoms with E-state index in [1.807, 2.05) is 54.6 Å². The molecular formula is C28H28N4O5. The number of pyridine rings is 1. The van der Waals surface area contributed by atoms with E-state index in [2.05, 4.69) is 15.6 Å². The molecule has 1 aliphatic heterocycles. The fraction of sp³-hybridized carbons (Fsp3) is 0.286. The smallest absolute Gasteiger partial charge is 0.326 e. The Labute approximate surface area is 214 Å². The van der Waals surface area contributed by atoms with Crippen LogP contribution in [-0.4, -0.2) is 41.1 Å². The highest BCUT2D eigenvalue weighted by Crippen LogP contribution is 2.36. The van der Waals surface area contributed by atoms with Gasteiger partial charge in [0.25, 0.3) is 0 Å². The van der Waals surface area contributed by atoms with Crippen molar-refractivity contribution in [3.63, 3.8) is 0 Å². The minimum Gasteiger partial charge on any atom is -0.490 e. The summed E-state index contributed by atoms with van der Waals surface area (Å²) in [4.78, 5) is 42.6. The third-order valence-corrected chi connectivity index (χ3v) is 6.89. The van der Waals surface area contributed by atoms with Crippen LogP contribution in [-0.2, 0) is 9.59 Å². The number of carbonyl (C=O) groups excluding carboxylic acids is 2. The summed E-state index contributed by atoms with van der Waals surface area (Å²) >= 11 is 0. The van der Waals surface area contributed by atoms with E-state index in [9.17, 15) is 14.4 Å². The number of hydrogen-bond acceptors (Lipinski definition) is 5. The van der Waals surface area contributed by atoms with Gasteiger partial charge >= 0.3 is 12.0 Å². The second kappa shape index (κ2) is 10.7. The molecule has 0 unspecified atom stereocenters. The maximum absolute atomic E-state index is 12.9. The molecule has 3 aromatic rings. The lowest BCUT2D eigenvalue weighted by Crippen LogP contribution is -2.40. The molecule has 2 aromatic carbocycles. The number of anilines is 3. The predicted molar refractivity (Wildman–Crippen MR) is 140 cm³/mol. The van der Waals surface area contributed by atoms with Crippen LogP contribution in [0.4, 0.5) is 22.0 Å². The number of nitrogens with one attached hydrogen (secondary N) is 2. The van der Waals surface area contributed by atoms with E-state index >= 15 is 0 Å². The molecule has 190 valence electrons. The number of carbonyl (C=O) groups is 3. The molecule has 3 N–H and O–H groups in total. The molecule has 9 nitrogen and oxygen atoms in total. The summed E-state index contributed by atoms with van der Waals surface area (Å²) in [6.07, 6.45) is 3.85. The zero-order valence-corrected chi connectivity index (χ0v) is 20.2. The van der Waals surface area contributed by atoms with E-state index in [0.29, 0.717) is 56.1 Å². The van der Waals surface area contributed by atoms with Gasteiger partial charge in [0.05, 0.1) is 18.2 Å². The lowest BCUT2D eigenvalue weighted by Gasteiger charge is -2.30. The summed E-state index contributed by atoms with van der Waals surface area (Å²) < 4.78 is 5.85. The van der Waals surface area contributed by atoms with Crippen LogP contribution in [0.3, 0.4) is 0 Å². The molecule has 1 saturated carbocycles. The van der Waals surface area contributed by atoms with Crippen molar-refractivity contribution in [2.45, 2.75) is 25.7 Å². The average Bonchev–Trinajstić information content (AvgIpc) is 2.93. The van der Waals surface area contributed by atoms with Gasteiger partial charge in [0, 0.05) is 23.4 Å². The lowest BCUT2D eigenvalue weighted by atomic mass is 9.81. The minimum atomic E-state index is -0.785. The fourth-order valence-electron chi connectivity index (χ4n) is 4.79. The highest BCUT2D eigenvalue weighted by molar-refractivity contribution is 6.03. The molecular weight excluding hydrogens is 472 g/mol. The number of amides is 3. The van der Waals surface area contributed by atoms with Crippen molar-refractivity contribution in [2.75, 3.05) is 28.7 Å². The number of rotatable bonds is 5. The molecule has 1 fully saturated rings. The van der Waals surface area contributed by atoms with Crippen molar-refractivity contribution in [1.82, 2.24) is 4.98 Å². The predicted octanol–water partition coefficient (Wildman–Crippen LogP) is 5.01. The number of ether oxygens (including phenoxy) is 1. The molecule has 0 atom stereocenters. The molecule has 0 bridgehead atoms. The van der Waals surface area contributed by atoms with E-state index in [-0.39, 0.29) is 23.8 Å². The fourth-order valence-corrected chi connectivity index (χ4v) is 4.79. The Morgan fingerprint density at radius 2 is 1.62 bits per heavy atom. The molecule has 1 aliphatic carbocycles. The quantitative estimate of drug-likeness (QED) is 0.453. The lowest BCUT2D eigenvalue weighted by molar-refractivity contribution is -0.143. The first-order valence-corrected chi connectivity index (χ1v) is 12.4. The number of carboxylic acid groups (broad SMARTS) is 1. The topological polar surface area (TPSA) is 121 Å². The van der Waals surface area contributed by atoms with Crippen LogP contribution < -0.4 is 20.3 Å². The van der Waals surface area contributed by atoms with Gasteiger partial charge in [-0.25, -0.2) is 9.78 Å². The first-order valence-electron chi connectivity index (χ1n) is 12.4. The van der Waals surface area contributed by atoms with E-state index in [4.69, 9.17) is 9.84 Å². The van der Waals surface area contributed by atoms with Gasteiger partial charge in [-0.1, -0.05) is 24.3 Å². The van der Waals surface area contributed by atoms with Gasteiger partial charge in [0.2, 0.25) is 5.91 Å².